The van der Waals surface area contributed by atoms with E-state index in [2.05, 4.69) is 5.32 Å². The molecule has 18 heavy (non-hydrogen) atoms. The van der Waals surface area contributed by atoms with Crippen LogP contribution in [0.5, 0.6) is 5.75 Å². The standard InChI is InChI=1S/C12H18N2O4/c1-9(5-6-15)8-13-11-7-10(18-2)3-4-12(11)14(16)17/h3-4,7,9,13,15H,5-6,8H2,1-2H3. The minimum Gasteiger partial charge on any atom is -0.497 e. The topological polar surface area (TPSA) is 84.6 Å². The third-order valence-corrected chi connectivity index (χ3v) is 2.66. The van der Waals surface area contributed by atoms with Crippen LogP contribution in [-0.2, 0) is 0 Å². The molecule has 100 valence electrons. The molecule has 1 atom stereocenters. The van der Waals surface area contributed by atoms with Crippen molar-refractivity contribution in [1.29, 1.82) is 0 Å². The Morgan fingerprint density at radius 3 is 2.83 bits per heavy atom. The molecule has 0 aliphatic rings. The van der Waals surface area contributed by atoms with Crippen molar-refractivity contribution in [1.82, 2.24) is 0 Å². The largest absolute Gasteiger partial charge is 0.497 e. The van der Waals surface area contributed by atoms with Crippen LogP contribution in [-0.4, -0.2) is 30.3 Å². The van der Waals surface area contributed by atoms with Crippen LogP contribution in [0.25, 0.3) is 0 Å². The van der Waals surface area contributed by atoms with Gasteiger partial charge < -0.3 is 15.2 Å². The number of hydrogen-bond acceptors (Lipinski definition) is 5. The third-order valence-electron chi connectivity index (χ3n) is 2.66. The Kier molecular flexibility index (Phi) is 5.38. The van der Waals surface area contributed by atoms with Crippen LogP contribution in [0, 0.1) is 16.0 Å². The average Bonchev–Trinajstić information content (AvgIpc) is 2.36. The summed E-state index contributed by atoms with van der Waals surface area (Å²) in [6, 6.07) is 4.57. The van der Waals surface area contributed by atoms with Gasteiger partial charge in [-0.1, -0.05) is 6.92 Å². The molecular weight excluding hydrogens is 236 g/mol. The molecule has 0 aliphatic heterocycles. The highest BCUT2D eigenvalue weighted by Gasteiger charge is 2.15. The lowest BCUT2D eigenvalue weighted by molar-refractivity contribution is -0.384. The molecule has 1 aromatic rings. The van der Waals surface area contributed by atoms with Crippen molar-refractivity contribution in [3.63, 3.8) is 0 Å². The Bertz CT molecular complexity index is 409. The minimum absolute atomic E-state index is 0.0204. The van der Waals surface area contributed by atoms with Gasteiger partial charge in [-0.2, -0.15) is 0 Å². The molecule has 0 saturated heterocycles. The zero-order valence-electron chi connectivity index (χ0n) is 10.5. The van der Waals surface area contributed by atoms with Gasteiger partial charge in [0.15, 0.2) is 0 Å². The van der Waals surface area contributed by atoms with Crippen molar-refractivity contribution >= 4 is 11.4 Å². The van der Waals surface area contributed by atoms with Gasteiger partial charge in [-0.25, -0.2) is 0 Å². The van der Waals surface area contributed by atoms with Crippen molar-refractivity contribution in [2.75, 3.05) is 25.6 Å². The first kappa shape index (κ1) is 14.2. The summed E-state index contributed by atoms with van der Waals surface area (Å²) in [6.45, 7) is 2.65. The van der Waals surface area contributed by atoms with Gasteiger partial charge in [-0.05, 0) is 18.4 Å². The van der Waals surface area contributed by atoms with E-state index in [-0.39, 0.29) is 18.2 Å². The fourth-order valence-electron chi connectivity index (χ4n) is 1.55. The highest BCUT2D eigenvalue weighted by Crippen LogP contribution is 2.28. The van der Waals surface area contributed by atoms with Crippen LogP contribution in [0.2, 0.25) is 0 Å². The van der Waals surface area contributed by atoms with Crippen molar-refractivity contribution in [2.24, 2.45) is 5.92 Å². The van der Waals surface area contributed by atoms with E-state index in [9.17, 15) is 10.1 Å². The molecule has 0 amide bonds. The predicted octanol–water partition coefficient (Wildman–Crippen LogP) is 2.03. The number of rotatable bonds is 7. The Labute approximate surface area is 106 Å². The monoisotopic (exact) mass is 254 g/mol. The first-order valence-electron chi connectivity index (χ1n) is 5.75. The SMILES string of the molecule is COc1ccc([N+](=O)[O-])c(NCC(C)CCO)c1. The van der Waals surface area contributed by atoms with Gasteiger partial charge >= 0.3 is 0 Å². The van der Waals surface area contributed by atoms with Gasteiger partial charge in [0, 0.05) is 25.3 Å². The molecule has 6 heteroatoms. The minimum atomic E-state index is -0.432. The molecule has 2 N–H and O–H groups in total. The molecule has 0 radical (unpaired) electrons. The van der Waals surface area contributed by atoms with E-state index >= 15 is 0 Å². The Morgan fingerprint density at radius 1 is 1.56 bits per heavy atom. The summed E-state index contributed by atoms with van der Waals surface area (Å²) in [4.78, 5) is 10.4. The number of aliphatic hydroxyl groups excluding tert-OH is 1. The Hall–Kier alpha value is -1.82. The van der Waals surface area contributed by atoms with Crippen LogP contribution < -0.4 is 10.1 Å². The van der Waals surface area contributed by atoms with Gasteiger partial charge in [-0.15, -0.1) is 0 Å². The normalized spacial score (nSPS) is 11.9. The number of nitro benzene ring substituents is 1. The highest BCUT2D eigenvalue weighted by molar-refractivity contribution is 5.64. The summed E-state index contributed by atoms with van der Waals surface area (Å²) in [5, 5.41) is 22.7. The van der Waals surface area contributed by atoms with E-state index in [1.165, 1.54) is 13.2 Å². The summed E-state index contributed by atoms with van der Waals surface area (Å²) < 4.78 is 5.04. The second-order valence-corrected chi connectivity index (χ2v) is 4.14. The van der Waals surface area contributed by atoms with Crippen molar-refractivity contribution in [3.8, 4) is 5.75 Å². The van der Waals surface area contributed by atoms with Crippen LogP contribution in [0.15, 0.2) is 18.2 Å². The van der Waals surface area contributed by atoms with E-state index in [4.69, 9.17) is 9.84 Å². The Morgan fingerprint density at radius 2 is 2.28 bits per heavy atom. The second-order valence-electron chi connectivity index (χ2n) is 4.14. The molecule has 1 aromatic carbocycles. The molecule has 0 aromatic heterocycles. The second kappa shape index (κ2) is 6.80. The van der Waals surface area contributed by atoms with Crippen LogP contribution >= 0.6 is 0 Å². The van der Waals surface area contributed by atoms with Crippen molar-refractivity contribution < 1.29 is 14.8 Å². The number of methoxy groups -OCH3 is 1. The van der Waals surface area contributed by atoms with Crippen LogP contribution in [0.3, 0.4) is 0 Å². The summed E-state index contributed by atoms with van der Waals surface area (Å²) in [6.07, 6.45) is 0.658. The van der Waals surface area contributed by atoms with Gasteiger partial charge in [0.25, 0.3) is 5.69 Å². The number of hydrogen-bond donors (Lipinski definition) is 2. The zero-order chi connectivity index (χ0) is 13.5. The first-order chi connectivity index (χ1) is 8.58. The molecule has 0 bridgehead atoms. The summed E-state index contributed by atoms with van der Waals surface area (Å²) >= 11 is 0. The molecule has 0 heterocycles. The smallest absolute Gasteiger partial charge is 0.292 e. The molecule has 0 saturated carbocycles. The fourth-order valence-corrected chi connectivity index (χ4v) is 1.55. The van der Waals surface area contributed by atoms with E-state index in [1.807, 2.05) is 6.92 Å². The van der Waals surface area contributed by atoms with Crippen LogP contribution in [0.1, 0.15) is 13.3 Å². The van der Waals surface area contributed by atoms with E-state index in [0.29, 0.717) is 24.4 Å². The maximum atomic E-state index is 10.9. The molecular formula is C12H18N2O4. The molecule has 0 fully saturated rings. The lowest BCUT2D eigenvalue weighted by Gasteiger charge is -2.13. The fraction of sp³-hybridized carbons (Fsp3) is 0.500. The average molecular weight is 254 g/mol. The highest BCUT2D eigenvalue weighted by atomic mass is 16.6. The van der Waals surface area contributed by atoms with Gasteiger partial charge in [0.1, 0.15) is 11.4 Å². The van der Waals surface area contributed by atoms with Gasteiger partial charge in [0.05, 0.1) is 12.0 Å². The van der Waals surface area contributed by atoms with Crippen LogP contribution in [0.4, 0.5) is 11.4 Å². The molecule has 1 unspecified atom stereocenters. The van der Waals surface area contributed by atoms with E-state index in [1.54, 1.807) is 12.1 Å². The predicted molar refractivity (Wildman–Crippen MR) is 69.0 cm³/mol. The Balaban J connectivity index is 2.80. The maximum absolute atomic E-state index is 10.9. The summed E-state index contributed by atoms with van der Waals surface area (Å²) in [5.74, 6) is 0.804. The van der Waals surface area contributed by atoms with Crippen molar-refractivity contribution in [2.45, 2.75) is 13.3 Å². The summed E-state index contributed by atoms with van der Waals surface area (Å²) in [5.41, 5.74) is 0.455. The van der Waals surface area contributed by atoms with Crippen molar-refractivity contribution in [3.05, 3.63) is 28.3 Å². The number of benzene rings is 1. The number of anilines is 1. The molecule has 1 rings (SSSR count). The quantitative estimate of drug-likeness (QED) is 0.574. The molecule has 0 aliphatic carbocycles. The van der Waals surface area contributed by atoms with Gasteiger partial charge in [0.2, 0.25) is 0 Å². The third kappa shape index (κ3) is 3.89. The molecule has 0 spiro atoms. The lowest BCUT2D eigenvalue weighted by Crippen LogP contribution is -2.13. The van der Waals surface area contributed by atoms with E-state index < -0.39 is 4.92 Å². The summed E-state index contributed by atoms with van der Waals surface area (Å²) in [7, 11) is 1.51. The number of nitrogens with one attached hydrogen (secondary N) is 1. The number of ether oxygens (including phenoxy) is 1. The lowest BCUT2D eigenvalue weighted by atomic mass is 10.1. The number of aliphatic hydroxyl groups is 1. The number of nitrogens with zero attached hydrogens (tertiary/aromatic N) is 1. The van der Waals surface area contributed by atoms with Gasteiger partial charge in [-0.3, -0.25) is 10.1 Å². The zero-order valence-corrected chi connectivity index (χ0v) is 10.5. The number of nitro groups is 1. The van der Waals surface area contributed by atoms with E-state index in [0.717, 1.165) is 0 Å². The molecule has 6 nitrogen and oxygen atoms in total. The maximum Gasteiger partial charge on any atom is 0.292 e. The first-order valence-corrected chi connectivity index (χ1v) is 5.75.